The van der Waals surface area contributed by atoms with Crippen LogP contribution in [-0.2, 0) is 0 Å². The number of hydrogen-bond donors (Lipinski definition) is 0. The van der Waals surface area contributed by atoms with Crippen LogP contribution in [0.4, 0.5) is 0 Å². The van der Waals surface area contributed by atoms with Crippen LogP contribution in [0.3, 0.4) is 0 Å². The molecule has 0 saturated heterocycles. The highest BCUT2D eigenvalue weighted by Crippen LogP contribution is 2.31. The summed E-state index contributed by atoms with van der Waals surface area (Å²) in [5, 5.41) is 0. The predicted octanol–water partition coefficient (Wildman–Crippen LogP) is 7.02. The van der Waals surface area contributed by atoms with E-state index in [9.17, 15) is 0 Å². The van der Waals surface area contributed by atoms with Gasteiger partial charge in [0.15, 0.2) is 0 Å². The molecule has 3 heteroatoms. The van der Waals surface area contributed by atoms with Crippen LogP contribution < -0.4 is 0 Å². The molecule has 0 aliphatic heterocycles. The highest BCUT2D eigenvalue weighted by molar-refractivity contribution is 9.11. The lowest BCUT2D eigenvalue weighted by molar-refractivity contribution is 1.03. The number of nitrogens with zero attached hydrogens (tertiary/aromatic N) is 1. The zero-order valence-corrected chi connectivity index (χ0v) is 16.5. The number of allylic oxidation sites excluding steroid dienone is 4. The minimum Gasteiger partial charge on any atom is -0.310 e. The zero-order chi connectivity index (χ0) is 17.0. The maximum absolute atomic E-state index is 3.78. The van der Waals surface area contributed by atoms with Crippen LogP contribution in [0.5, 0.6) is 0 Å². The molecular formula is C20H19Br2N. The Balaban J connectivity index is 2.83. The maximum Gasteiger partial charge on any atom is 0.0494 e. The lowest BCUT2D eigenvalue weighted by Gasteiger charge is -2.12. The summed E-state index contributed by atoms with van der Waals surface area (Å²) in [5.41, 5.74) is 5.90. The van der Waals surface area contributed by atoms with Gasteiger partial charge in [0.2, 0.25) is 0 Å². The predicted molar refractivity (Wildman–Crippen MR) is 109 cm³/mol. The van der Waals surface area contributed by atoms with Crippen LogP contribution >= 0.6 is 31.9 Å². The van der Waals surface area contributed by atoms with Gasteiger partial charge in [0.1, 0.15) is 0 Å². The summed E-state index contributed by atoms with van der Waals surface area (Å²) in [6.07, 6.45) is 11.7. The van der Waals surface area contributed by atoms with Crippen molar-refractivity contribution in [2.45, 2.75) is 13.8 Å². The molecule has 0 bridgehead atoms. The molecule has 2 rings (SSSR count). The molecular weight excluding hydrogens is 414 g/mol. The molecule has 1 nitrogen and oxygen atoms in total. The molecule has 0 aliphatic carbocycles. The van der Waals surface area contributed by atoms with Gasteiger partial charge in [-0.3, -0.25) is 0 Å². The number of rotatable bonds is 5. The van der Waals surface area contributed by atoms with Gasteiger partial charge in [0.25, 0.3) is 0 Å². The zero-order valence-electron chi connectivity index (χ0n) is 13.3. The van der Waals surface area contributed by atoms with E-state index in [1.165, 1.54) is 11.1 Å². The van der Waals surface area contributed by atoms with Gasteiger partial charge in [0.05, 0.1) is 0 Å². The highest BCUT2D eigenvalue weighted by Gasteiger charge is 2.15. The van der Waals surface area contributed by atoms with Crippen molar-refractivity contribution in [3.05, 3.63) is 87.1 Å². The van der Waals surface area contributed by atoms with E-state index < -0.39 is 0 Å². The van der Waals surface area contributed by atoms with Crippen molar-refractivity contribution in [3.8, 4) is 5.69 Å². The maximum atomic E-state index is 3.78. The molecule has 2 aromatic rings. The van der Waals surface area contributed by atoms with Crippen molar-refractivity contribution in [2.24, 2.45) is 0 Å². The lowest BCUT2D eigenvalue weighted by Crippen LogP contribution is -2.00. The smallest absolute Gasteiger partial charge is 0.0494 e. The molecule has 0 amide bonds. The third-order valence-corrected chi connectivity index (χ3v) is 4.61. The van der Waals surface area contributed by atoms with E-state index in [2.05, 4.69) is 87.7 Å². The second kappa shape index (κ2) is 7.80. The molecule has 0 fully saturated rings. The van der Waals surface area contributed by atoms with Crippen LogP contribution in [0.15, 0.2) is 64.6 Å². The summed E-state index contributed by atoms with van der Waals surface area (Å²) in [5.74, 6) is 0. The quantitative estimate of drug-likeness (QED) is 0.447. The third kappa shape index (κ3) is 3.85. The fraction of sp³-hybridized carbons (Fsp3) is 0.100. The van der Waals surface area contributed by atoms with Gasteiger partial charge >= 0.3 is 0 Å². The van der Waals surface area contributed by atoms with E-state index in [0.717, 1.165) is 26.0 Å². The van der Waals surface area contributed by atoms with Gasteiger partial charge in [0, 0.05) is 26.0 Å². The summed E-state index contributed by atoms with van der Waals surface area (Å²) in [4.78, 5) is 0. The Morgan fingerprint density at radius 1 is 0.826 bits per heavy atom. The Kier molecular flexibility index (Phi) is 6.03. The average Bonchev–Trinajstić information content (AvgIpc) is 2.74. The topological polar surface area (TPSA) is 4.93 Å². The minimum atomic E-state index is 1.03. The molecule has 1 heterocycles. The second-order valence-electron chi connectivity index (χ2n) is 5.17. The third-order valence-electron chi connectivity index (χ3n) is 3.70. The molecule has 0 N–H and O–H groups in total. The second-order valence-corrected chi connectivity index (χ2v) is 7.00. The number of benzene rings is 1. The molecule has 23 heavy (non-hydrogen) atoms. The van der Waals surface area contributed by atoms with E-state index in [1.54, 1.807) is 12.2 Å². The number of halogens is 2. The van der Waals surface area contributed by atoms with Crippen molar-refractivity contribution in [3.63, 3.8) is 0 Å². The van der Waals surface area contributed by atoms with Gasteiger partial charge in [-0.2, -0.15) is 0 Å². The normalized spacial score (nSPS) is 11.5. The van der Waals surface area contributed by atoms with E-state index in [0.29, 0.717) is 0 Å². The summed E-state index contributed by atoms with van der Waals surface area (Å²) in [7, 11) is 0. The van der Waals surface area contributed by atoms with Crippen LogP contribution in [0, 0.1) is 13.8 Å². The van der Waals surface area contributed by atoms with E-state index >= 15 is 0 Å². The Hall–Kier alpha value is -1.58. The fourth-order valence-corrected chi connectivity index (χ4v) is 3.78. The van der Waals surface area contributed by atoms with Crippen LogP contribution in [0.25, 0.3) is 17.8 Å². The van der Waals surface area contributed by atoms with Crippen LogP contribution in [0.1, 0.15) is 22.5 Å². The first kappa shape index (κ1) is 17.8. The fourth-order valence-electron chi connectivity index (χ4n) is 2.51. The number of hydrogen-bond acceptors (Lipinski definition) is 0. The molecule has 1 aromatic carbocycles. The molecule has 118 valence electrons. The summed E-state index contributed by atoms with van der Waals surface area (Å²) in [6.45, 7) is 11.8. The molecule has 0 aliphatic rings. The Morgan fingerprint density at radius 2 is 1.26 bits per heavy atom. The van der Waals surface area contributed by atoms with Crippen LogP contribution in [-0.4, -0.2) is 4.57 Å². The van der Waals surface area contributed by atoms with E-state index in [4.69, 9.17) is 0 Å². The SMILES string of the molecule is C=C/C=C\c1c(C)c(C)c(/C=C\C=C)n1-c1cc(Br)cc(Br)c1. The molecule has 1 aromatic heterocycles. The lowest BCUT2D eigenvalue weighted by atomic mass is 10.1. The van der Waals surface area contributed by atoms with Gasteiger partial charge in [-0.25, -0.2) is 0 Å². The van der Waals surface area contributed by atoms with E-state index in [-0.39, 0.29) is 0 Å². The van der Waals surface area contributed by atoms with Crippen LogP contribution in [0.2, 0.25) is 0 Å². The summed E-state index contributed by atoms with van der Waals surface area (Å²) < 4.78 is 4.31. The molecule has 0 saturated carbocycles. The van der Waals surface area contributed by atoms with Crippen molar-refractivity contribution in [2.75, 3.05) is 0 Å². The molecule has 0 atom stereocenters. The first-order valence-electron chi connectivity index (χ1n) is 7.26. The van der Waals surface area contributed by atoms with Gasteiger partial charge < -0.3 is 4.57 Å². The van der Waals surface area contributed by atoms with Crippen molar-refractivity contribution in [1.29, 1.82) is 0 Å². The minimum absolute atomic E-state index is 1.03. The monoisotopic (exact) mass is 431 g/mol. The highest BCUT2D eigenvalue weighted by atomic mass is 79.9. The first-order valence-corrected chi connectivity index (χ1v) is 8.84. The van der Waals surface area contributed by atoms with E-state index in [1.807, 2.05) is 18.2 Å². The Labute approximate surface area is 155 Å². The summed E-state index contributed by atoms with van der Waals surface area (Å²) in [6, 6.07) is 6.26. The Morgan fingerprint density at radius 3 is 1.65 bits per heavy atom. The Bertz CT molecular complexity index is 746. The standard InChI is InChI=1S/C20H19Br2N/c1-5-7-9-19-14(3)15(4)20(10-8-6-2)23(19)18-12-16(21)11-17(22)13-18/h5-13H,1-2H2,3-4H3/b9-7-,10-8-. The molecule has 0 radical (unpaired) electrons. The van der Waals surface area contributed by atoms with Crippen molar-refractivity contribution >= 4 is 44.0 Å². The van der Waals surface area contributed by atoms with Crippen molar-refractivity contribution in [1.82, 2.24) is 4.57 Å². The largest absolute Gasteiger partial charge is 0.310 e. The van der Waals surface area contributed by atoms with Gasteiger partial charge in [-0.1, -0.05) is 69.3 Å². The van der Waals surface area contributed by atoms with Gasteiger partial charge in [-0.15, -0.1) is 0 Å². The summed E-state index contributed by atoms with van der Waals surface area (Å²) >= 11 is 7.16. The average molecular weight is 433 g/mol. The van der Waals surface area contributed by atoms with Gasteiger partial charge in [-0.05, 0) is 55.3 Å². The molecule has 0 unspecified atom stereocenters. The molecule has 0 spiro atoms. The first-order chi connectivity index (χ1) is 11.0. The van der Waals surface area contributed by atoms with Crippen molar-refractivity contribution < 1.29 is 0 Å². The number of aromatic nitrogens is 1.